The van der Waals surface area contributed by atoms with E-state index in [1.165, 1.54) is 12.1 Å². The van der Waals surface area contributed by atoms with Crippen LogP contribution in [0.4, 0.5) is 11.4 Å². The van der Waals surface area contributed by atoms with E-state index in [0.29, 0.717) is 6.07 Å². The van der Waals surface area contributed by atoms with E-state index in [0.717, 1.165) is 24.3 Å². The van der Waals surface area contributed by atoms with Crippen molar-refractivity contribution >= 4 is 27.3 Å². The Morgan fingerprint density at radius 3 is 2.04 bits per heavy atom. The maximum absolute atomic E-state index is 12.4. The number of ketones is 1. The Balaban J connectivity index is 2.61. The Hall–Kier alpha value is -3.18. The number of hydrogen-bond acceptors (Lipinski definition) is 7. The van der Waals surface area contributed by atoms with Gasteiger partial charge in [0.2, 0.25) is 0 Å². The van der Waals surface area contributed by atoms with E-state index in [9.17, 15) is 33.4 Å². The molecule has 124 valence electrons. The Kier molecular flexibility index (Phi) is 4.39. The molecule has 0 saturated carbocycles. The fraction of sp³-hybridized carbons (Fsp3) is 0. The predicted octanol–water partition coefficient (Wildman–Crippen LogP) is 1.98. The minimum Gasteiger partial charge on any atom is -0.289 e. The highest BCUT2D eigenvalue weighted by atomic mass is 32.2. The molecule has 0 aliphatic carbocycles. The van der Waals surface area contributed by atoms with Crippen LogP contribution in [0, 0.1) is 20.2 Å². The molecule has 0 radical (unpaired) electrons. The van der Waals surface area contributed by atoms with Crippen molar-refractivity contribution in [3.63, 3.8) is 0 Å². The van der Waals surface area contributed by atoms with Crippen LogP contribution in [-0.4, -0.2) is 28.6 Å². The first-order chi connectivity index (χ1) is 11.1. The normalized spacial score (nSPS) is 11.0. The molecule has 0 saturated heterocycles. The summed E-state index contributed by atoms with van der Waals surface area (Å²) in [6, 6.07) is 6.74. The maximum Gasteiger partial charge on any atom is 0.294 e. The highest BCUT2D eigenvalue weighted by Crippen LogP contribution is 2.24. The van der Waals surface area contributed by atoms with Crippen LogP contribution < -0.4 is 0 Å². The molecular formula is C13H8N2O8S. The van der Waals surface area contributed by atoms with Crippen molar-refractivity contribution in [2.45, 2.75) is 4.90 Å². The molecule has 11 heteroatoms. The van der Waals surface area contributed by atoms with Gasteiger partial charge in [0.25, 0.3) is 21.5 Å². The summed E-state index contributed by atoms with van der Waals surface area (Å²) in [4.78, 5) is 31.5. The van der Waals surface area contributed by atoms with Crippen molar-refractivity contribution in [1.82, 2.24) is 0 Å². The molecule has 2 rings (SSSR count). The van der Waals surface area contributed by atoms with Crippen LogP contribution in [-0.2, 0) is 10.1 Å². The molecule has 0 fully saturated rings. The summed E-state index contributed by atoms with van der Waals surface area (Å²) in [5, 5.41) is 21.6. The number of nitrogens with zero attached hydrogens (tertiary/aromatic N) is 2. The number of rotatable bonds is 5. The first-order valence-corrected chi connectivity index (χ1v) is 7.60. The molecule has 0 aliphatic rings. The molecule has 0 unspecified atom stereocenters. The van der Waals surface area contributed by atoms with Gasteiger partial charge in [0.15, 0.2) is 5.78 Å². The van der Waals surface area contributed by atoms with Crippen LogP contribution in [0.25, 0.3) is 0 Å². The first-order valence-electron chi connectivity index (χ1n) is 6.16. The quantitative estimate of drug-likeness (QED) is 0.370. The molecule has 0 bridgehead atoms. The number of nitro benzene ring substituents is 2. The molecule has 1 N–H and O–H groups in total. The van der Waals surface area contributed by atoms with Gasteiger partial charge in [0.05, 0.1) is 9.85 Å². The van der Waals surface area contributed by atoms with Crippen molar-refractivity contribution in [2.24, 2.45) is 0 Å². The van der Waals surface area contributed by atoms with Gasteiger partial charge in [-0.25, -0.2) is 0 Å². The number of carbonyl (C=O) groups excluding carboxylic acids is 1. The van der Waals surface area contributed by atoms with Crippen molar-refractivity contribution in [1.29, 1.82) is 0 Å². The molecule has 0 heterocycles. The van der Waals surface area contributed by atoms with E-state index in [4.69, 9.17) is 4.55 Å². The minimum absolute atomic E-state index is 0.161. The number of carbonyl (C=O) groups is 1. The lowest BCUT2D eigenvalue weighted by atomic mass is 10.0. The second kappa shape index (κ2) is 6.14. The zero-order chi connectivity index (χ0) is 18.1. The minimum atomic E-state index is -4.78. The zero-order valence-electron chi connectivity index (χ0n) is 11.6. The van der Waals surface area contributed by atoms with Crippen molar-refractivity contribution in [2.75, 3.05) is 0 Å². The van der Waals surface area contributed by atoms with E-state index in [2.05, 4.69) is 0 Å². The predicted molar refractivity (Wildman–Crippen MR) is 79.4 cm³/mol. The van der Waals surface area contributed by atoms with E-state index >= 15 is 0 Å². The van der Waals surface area contributed by atoms with Crippen LogP contribution in [0.3, 0.4) is 0 Å². The average molecular weight is 352 g/mol. The monoisotopic (exact) mass is 352 g/mol. The molecule has 0 amide bonds. The molecule has 24 heavy (non-hydrogen) atoms. The summed E-state index contributed by atoms with van der Waals surface area (Å²) in [5.41, 5.74) is -1.66. The average Bonchev–Trinajstić information content (AvgIpc) is 2.53. The fourth-order valence-corrected chi connectivity index (χ4v) is 2.44. The van der Waals surface area contributed by atoms with Crippen LogP contribution in [0.5, 0.6) is 0 Å². The van der Waals surface area contributed by atoms with Gasteiger partial charge in [-0.15, -0.1) is 0 Å². The standard InChI is InChI=1S/C13H8N2O8S/c16-13(8-2-1-3-10(4-8)14(17)18)9-5-11(15(19)20)7-12(6-9)24(21,22)23/h1-7H,(H,21,22,23). The van der Waals surface area contributed by atoms with Gasteiger partial charge in [-0.2, -0.15) is 8.42 Å². The van der Waals surface area contributed by atoms with E-state index < -0.39 is 41.9 Å². The van der Waals surface area contributed by atoms with E-state index in [-0.39, 0.29) is 11.3 Å². The lowest BCUT2D eigenvalue weighted by Crippen LogP contribution is -2.06. The SMILES string of the molecule is O=C(c1cccc([N+](=O)[O-])c1)c1cc([N+](=O)[O-])cc(S(=O)(=O)O)c1. The Labute approximate surface area is 134 Å². The summed E-state index contributed by atoms with van der Waals surface area (Å²) in [6.45, 7) is 0. The second-order valence-corrected chi connectivity index (χ2v) is 6.01. The van der Waals surface area contributed by atoms with Crippen LogP contribution in [0.15, 0.2) is 47.4 Å². The summed E-state index contributed by atoms with van der Waals surface area (Å²) in [7, 11) is -4.78. The largest absolute Gasteiger partial charge is 0.294 e. The summed E-state index contributed by atoms with van der Waals surface area (Å²) >= 11 is 0. The summed E-state index contributed by atoms with van der Waals surface area (Å²) < 4.78 is 31.4. The number of hydrogen-bond donors (Lipinski definition) is 1. The maximum atomic E-state index is 12.4. The van der Waals surface area contributed by atoms with Gasteiger partial charge >= 0.3 is 0 Å². The smallest absolute Gasteiger partial charge is 0.289 e. The molecule has 10 nitrogen and oxygen atoms in total. The summed E-state index contributed by atoms with van der Waals surface area (Å²) in [5.74, 6) is -0.868. The highest BCUT2D eigenvalue weighted by molar-refractivity contribution is 7.85. The first kappa shape index (κ1) is 17.2. The van der Waals surface area contributed by atoms with Crippen molar-refractivity contribution < 1.29 is 27.6 Å². The molecule has 0 atom stereocenters. The van der Waals surface area contributed by atoms with Crippen LogP contribution >= 0.6 is 0 Å². The Bertz CT molecular complexity index is 968. The zero-order valence-corrected chi connectivity index (χ0v) is 12.5. The third-order valence-electron chi connectivity index (χ3n) is 2.98. The number of benzene rings is 2. The third-order valence-corrected chi connectivity index (χ3v) is 3.81. The van der Waals surface area contributed by atoms with Crippen molar-refractivity contribution in [3.05, 3.63) is 73.8 Å². The fourth-order valence-electron chi connectivity index (χ4n) is 1.90. The van der Waals surface area contributed by atoms with Gasteiger partial charge in [-0.05, 0) is 6.07 Å². The lowest BCUT2D eigenvalue weighted by molar-refractivity contribution is -0.385. The van der Waals surface area contributed by atoms with Gasteiger partial charge in [0, 0.05) is 35.4 Å². The van der Waals surface area contributed by atoms with Gasteiger partial charge < -0.3 is 0 Å². The van der Waals surface area contributed by atoms with Crippen LogP contribution in [0.1, 0.15) is 15.9 Å². The van der Waals surface area contributed by atoms with E-state index in [1.807, 2.05) is 0 Å². The molecule has 2 aromatic carbocycles. The topological polar surface area (TPSA) is 158 Å². The van der Waals surface area contributed by atoms with Crippen LogP contribution in [0.2, 0.25) is 0 Å². The Morgan fingerprint density at radius 2 is 1.50 bits per heavy atom. The highest BCUT2D eigenvalue weighted by Gasteiger charge is 2.21. The molecule has 0 aromatic heterocycles. The summed E-state index contributed by atoms with van der Waals surface area (Å²) in [6.07, 6.45) is 0. The Morgan fingerprint density at radius 1 is 0.917 bits per heavy atom. The van der Waals surface area contributed by atoms with Gasteiger partial charge in [-0.3, -0.25) is 29.6 Å². The van der Waals surface area contributed by atoms with Gasteiger partial charge in [-0.1, -0.05) is 12.1 Å². The molecule has 0 aliphatic heterocycles. The van der Waals surface area contributed by atoms with E-state index in [1.54, 1.807) is 0 Å². The number of non-ortho nitro benzene ring substituents is 2. The molecule has 2 aromatic rings. The number of nitro groups is 2. The second-order valence-electron chi connectivity index (χ2n) is 4.58. The third kappa shape index (κ3) is 3.59. The lowest BCUT2D eigenvalue weighted by Gasteiger charge is -2.04. The molecule has 0 spiro atoms. The molecular weight excluding hydrogens is 344 g/mol. The van der Waals surface area contributed by atoms with Crippen molar-refractivity contribution in [3.8, 4) is 0 Å². The van der Waals surface area contributed by atoms with Gasteiger partial charge in [0.1, 0.15) is 4.90 Å².